The van der Waals surface area contributed by atoms with Gasteiger partial charge in [-0.15, -0.1) is 0 Å². The van der Waals surface area contributed by atoms with Crippen molar-refractivity contribution in [3.63, 3.8) is 0 Å². The average molecular weight is 237 g/mol. The lowest BCUT2D eigenvalue weighted by Crippen LogP contribution is -1.85. The van der Waals surface area contributed by atoms with Gasteiger partial charge in [-0.25, -0.2) is 0 Å². The van der Waals surface area contributed by atoms with Crippen molar-refractivity contribution < 1.29 is 4.52 Å². The molecule has 1 aromatic carbocycles. The Balaban J connectivity index is 2.03. The minimum absolute atomic E-state index is 0.487. The lowest BCUT2D eigenvalue weighted by molar-refractivity contribution is 0.432. The molecule has 3 rings (SSSR count). The molecular weight excluding hydrogens is 226 g/mol. The third-order valence-corrected chi connectivity index (χ3v) is 2.72. The second-order valence-corrected chi connectivity index (χ2v) is 3.98. The van der Waals surface area contributed by atoms with Crippen LogP contribution in [0.25, 0.3) is 22.8 Å². The zero-order chi connectivity index (χ0) is 12.4. The summed E-state index contributed by atoms with van der Waals surface area (Å²) in [7, 11) is 0. The van der Waals surface area contributed by atoms with Crippen LogP contribution in [0, 0.1) is 6.92 Å². The van der Waals surface area contributed by atoms with Gasteiger partial charge in [0.1, 0.15) is 0 Å². The smallest absolute Gasteiger partial charge is 0.259 e. The maximum absolute atomic E-state index is 5.26. The molecule has 0 unspecified atom stereocenters. The van der Waals surface area contributed by atoms with Gasteiger partial charge in [-0.2, -0.15) is 4.98 Å². The van der Waals surface area contributed by atoms with Crippen molar-refractivity contribution in [1.29, 1.82) is 0 Å². The molecular formula is C14H11N3O. The van der Waals surface area contributed by atoms with Crippen molar-refractivity contribution in [2.24, 2.45) is 0 Å². The summed E-state index contributed by atoms with van der Waals surface area (Å²) in [5.41, 5.74) is 2.93. The van der Waals surface area contributed by atoms with E-state index >= 15 is 0 Å². The molecule has 0 saturated heterocycles. The Labute approximate surface area is 104 Å². The first kappa shape index (κ1) is 10.7. The third kappa shape index (κ3) is 1.88. The van der Waals surface area contributed by atoms with Crippen molar-refractivity contribution in [3.05, 3.63) is 54.4 Å². The van der Waals surface area contributed by atoms with Crippen LogP contribution in [0.15, 0.2) is 53.3 Å². The lowest BCUT2D eigenvalue weighted by atomic mass is 10.1. The number of nitrogens with zero attached hydrogens (tertiary/aromatic N) is 3. The molecule has 0 amide bonds. The minimum Gasteiger partial charge on any atom is -0.334 e. The summed E-state index contributed by atoms with van der Waals surface area (Å²) in [6.07, 6.45) is 3.41. The van der Waals surface area contributed by atoms with E-state index < -0.39 is 0 Å². The van der Waals surface area contributed by atoms with E-state index in [-0.39, 0.29) is 0 Å². The molecule has 0 N–H and O–H groups in total. The number of aromatic nitrogens is 3. The van der Waals surface area contributed by atoms with Gasteiger partial charge in [-0.1, -0.05) is 29.4 Å². The Kier molecular flexibility index (Phi) is 2.61. The maximum Gasteiger partial charge on any atom is 0.259 e. The Morgan fingerprint density at radius 1 is 1.06 bits per heavy atom. The summed E-state index contributed by atoms with van der Waals surface area (Å²) in [6.45, 7) is 2.02. The van der Waals surface area contributed by atoms with E-state index in [4.69, 9.17) is 4.52 Å². The summed E-state index contributed by atoms with van der Waals surface area (Å²) >= 11 is 0. The summed E-state index contributed by atoms with van der Waals surface area (Å²) in [6, 6.07) is 11.7. The normalized spacial score (nSPS) is 10.5. The first-order chi connectivity index (χ1) is 8.84. The van der Waals surface area contributed by atoms with E-state index in [0.29, 0.717) is 11.7 Å². The van der Waals surface area contributed by atoms with Crippen LogP contribution in [0.3, 0.4) is 0 Å². The summed E-state index contributed by atoms with van der Waals surface area (Å²) in [5, 5.41) is 4.01. The van der Waals surface area contributed by atoms with Crippen LogP contribution in [0.2, 0.25) is 0 Å². The highest BCUT2D eigenvalue weighted by atomic mass is 16.5. The topological polar surface area (TPSA) is 51.8 Å². The summed E-state index contributed by atoms with van der Waals surface area (Å²) < 4.78 is 5.26. The second-order valence-electron chi connectivity index (χ2n) is 3.98. The van der Waals surface area contributed by atoms with Gasteiger partial charge in [0.05, 0.1) is 5.56 Å². The summed E-state index contributed by atoms with van der Waals surface area (Å²) in [5.74, 6) is 1.09. The van der Waals surface area contributed by atoms with Crippen LogP contribution in [0.5, 0.6) is 0 Å². The molecule has 4 heteroatoms. The largest absolute Gasteiger partial charge is 0.334 e. The zero-order valence-electron chi connectivity index (χ0n) is 9.87. The molecule has 0 aliphatic rings. The van der Waals surface area contributed by atoms with Crippen LogP contribution in [-0.4, -0.2) is 15.1 Å². The Hall–Kier alpha value is -2.49. The van der Waals surface area contributed by atoms with Crippen molar-refractivity contribution >= 4 is 0 Å². The van der Waals surface area contributed by atoms with Gasteiger partial charge in [-0.05, 0) is 24.6 Å². The third-order valence-electron chi connectivity index (χ3n) is 2.72. The standard InChI is InChI=1S/C14H11N3O/c1-10-5-2-3-7-12(10)13-16-14(18-17-13)11-6-4-8-15-9-11/h2-9H,1H3. The molecule has 0 bridgehead atoms. The van der Waals surface area contributed by atoms with Gasteiger partial charge in [0, 0.05) is 18.0 Å². The average Bonchev–Trinajstić information content (AvgIpc) is 2.90. The van der Waals surface area contributed by atoms with E-state index in [1.54, 1.807) is 12.4 Å². The molecule has 3 aromatic rings. The quantitative estimate of drug-likeness (QED) is 0.687. The fraction of sp³-hybridized carbons (Fsp3) is 0.0714. The van der Waals surface area contributed by atoms with Crippen LogP contribution < -0.4 is 0 Å². The van der Waals surface area contributed by atoms with Crippen LogP contribution in [0.1, 0.15) is 5.56 Å². The van der Waals surface area contributed by atoms with Gasteiger partial charge in [0.2, 0.25) is 5.82 Å². The van der Waals surface area contributed by atoms with Crippen LogP contribution in [-0.2, 0) is 0 Å². The highest BCUT2D eigenvalue weighted by Crippen LogP contribution is 2.23. The Bertz CT molecular complexity index is 662. The molecule has 18 heavy (non-hydrogen) atoms. The first-order valence-corrected chi connectivity index (χ1v) is 5.65. The SMILES string of the molecule is Cc1ccccc1-c1noc(-c2cccnc2)n1. The van der Waals surface area contributed by atoms with Gasteiger partial charge in [0.25, 0.3) is 5.89 Å². The van der Waals surface area contributed by atoms with Crippen LogP contribution >= 0.6 is 0 Å². The lowest BCUT2D eigenvalue weighted by Gasteiger charge is -1.97. The van der Waals surface area contributed by atoms with Crippen molar-refractivity contribution in [2.45, 2.75) is 6.92 Å². The Morgan fingerprint density at radius 3 is 2.72 bits per heavy atom. The predicted molar refractivity (Wildman–Crippen MR) is 67.7 cm³/mol. The van der Waals surface area contributed by atoms with Crippen molar-refractivity contribution in [1.82, 2.24) is 15.1 Å². The molecule has 0 spiro atoms. The van der Waals surface area contributed by atoms with E-state index in [0.717, 1.165) is 16.7 Å². The molecule has 88 valence electrons. The minimum atomic E-state index is 0.487. The van der Waals surface area contributed by atoms with Gasteiger partial charge in [0.15, 0.2) is 0 Å². The number of pyridine rings is 1. The number of rotatable bonds is 2. The van der Waals surface area contributed by atoms with E-state index in [9.17, 15) is 0 Å². The monoisotopic (exact) mass is 237 g/mol. The fourth-order valence-electron chi connectivity index (χ4n) is 1.76. The highest BCUT2D eigenvalue weighted by Gasteiger charge is 2.11. The summed E-state index contributed by atoms with van der Waals surface area (Å²) in [4.78, 5) is 8.43. The molecule has 4 nitrogen and oxygen atoms in total. The van der Waals surface area contributed by atoms with E-state index in [1.807, 2.05) is 43.3 Å². The van der Waals surface area contributed by atoms with Crippen molar-refractivity contribution in [2.75, 3.05) is 0 Å². The highest BCUT2D eigenvalue weighted by molar-refractivity contribution is 5.62. The van der Waals surface area contributed by atoms with Gasteiger partial charge < -0.3 is 4.52 Å². The van der Waals surface area contributed by atoms with Gasteiger partial charge >= 0.3 is 0 Å². The van der Waals surface area contributed by atoms with E-state index in [1.165, 1.54) is 0 Å². The maximum atomic E-state index is 5.26. The molecule has 0 fully saturated rings. The van der Waals surface area contributed by atoms with E-state index in [2.05, 4.69) is 15.1 Å². The first-order valence-electron chi connectivity index (χ1n) is 5.65. The molecule has 2 aromatic heterocycles. The predicted octanol–water partition coefficient (Wildman–Crippen LogP) is 3.11. The van der Waals surface area contributed by atoms with Gasteiger partial charge in [-0.3, -0.25) is 4.98 Å². The number of aryl methyl sites for hydroxylation is 1. The second kappa shape index (κ2) is 4.41. The Morgan fingerprint density at radius 2 is 1.94 bits per heavy atom. The fourth-order valence-corrected chi connectivity index (χ4v) is 1.76. The molecule has 2 heterocycles. The zero-order valence-corrected chi connectivity index (χ0v) is 9.87. The molecule has 0 saturated carbocycles. The molecule has 0 aliphatic heterocycles. The van der Waals surface area contributed by atoms with Crippen molar-refractivity contribution in [3.8, 4) is 22.8 Å². The molecule has 0 atom stereocenters. The van der Waals surface area contributed by atoms with Crippen LogP contribution in [0.4, 0.5) is 0 Å². The number of hydrogen-bond donors (Lipinski definition) is 0. The molecule has 0 aliphatic carbocycles. The number of hydrogen-bond acceptors (Lipinski definition) is 4. The number of benzene rings is 1. The molecule has 0 radical (unpaired) electrons.